The van der Waals surface area contributed by atoms with Gasteiger partial charge < -0.3 is 20.3 Å². The van der Waals surface area contributed by atoms with E-state index in [1.807, 2.05) is 0 Å². The van der Waals surface area contributed by atoms with E-state index >= 15 is 0 Å². The molecule has 3 atom stereocenters. The molecule has 6 nitrogen and oxygen atoms in total. The summed E-state index contributed by atoms with van der Waals surface area (Å²) in [5.74, 6) is -0.493. The van der Waals surface area contributed by atoms with Crippen LogP contribution in [0.3, 0.4) is 0 Å². The summed E-state index contributed by atoms with van der Waals surface area (Å²) in [5, 5.41) is 23.7. The highest BCUT2D eigenvalue weighted by atomic mass is 16.5. The van der Waals surface area contributed by atoms with Crippen molar-refractivity contribution in [2.75, 3.05) is 6.61 Å². The van der Waals surface area contributed by atoms with Crippen molar-refractivity contribution < 1.29 is 24.5 Å². The molecule has 3 N–H and O–H groups in total. The third-order valence-corrected chi connectivity index (χ3v) is 11.3. The molecule has 0 saturated carbocycles. The molecule has 0 aliphatic carbocycles. The van der Waals surface area contributed by atoms with Crippen molar-refractivity contribution in [2.24, 2.45) is 0 Å². The van der Waals surface area contributed by atoms with Crippen molar-refractivity contribution in [3.05, 3.63) is 36.5 Å². The number of allylic oxidation sites excluding steroid dienone is 6. The van der Waals surface area contributed by atoms with Crippen LogP contribution in [-0.4, -0.2) is 46.9 Å². The minimum Gasteiger partial charge on any atom is -0.462 e. The van der Waals surface area contributed by atoms with Gasteiger partial charge in [0.05, 0.1) is 25.2 Å². The second kappa shape index (κ2) is 45.2. The molecule has 0 aliphatic heterocycles. The maximum atomic E-state index is 13.1. The molecule has 0 radical (unpaired) electrons. The number of ether oxygens (including phenoxy) is 1. The summed E-state index contributed by atoms with van der Waals surface area (Å²) < 4.78 is 5.89. The van der Waals surface area contributed by atoms with Crippen molar-refractivity contribution in [3.8, 4) is 0 Å². The first-order chi connectivity index (χ1) is 28.0. The Balaban J connectivity index is 4.46. The van der Waals surface area contributed by atoms with Crippen molar-refractivity contribution in [1.82, 2.24) is 5.32 Å². The Labute approximate surface area is 353 Å². The molecule has 3 unspecified atom stereocenters. The third kappa shape index (κ3) is 40.6. The van der Waals surface area contributed by atoms with E-state index < -0.39 is 18.2 Å². The van der Waals surface area contributed by atoms with Crippen molar-refractivity contribution in [3.63, 3.8) is 0 Å². The molecule has 0 rings (SSSR count). The Morgan fingerprint density at radius 1 is 0.509 bits per heavy atom. The highest BCUT2D eigenvalue weighted by Crippen LogP contribution is 2.18. The minimum absolute atomic E-state index is 0.0716. The first kappa shape index (κ1) is 55.1. The van der Waals surface area contributed by atoms with Gasteiger partial charge in [-0.25, -0.2) is 0 Å². The Bertz CT molecular complexity index is 946. The second-order valence-electron chi connectivity index (χ2n) is 16.9. The number of nitrogens with one attached hydrogen (secondary N) is 1. The summed E-state index contributed by atoms with van der Waals surface area (Å²) in [4.78, 5) is 26.0. The molecule has 0 spiro atoms. The van der Waals surface area contributed by atoms with Crippen LogP contribution in [0.1, 0.15) is 252 Å². The van der Waals surface area contributed by atoms with Crippen LogP contribution in [0.2, 0.25) is 0 Å². The van der Waals surface area contributed by atoms with E-state index in [0.29, 0.717) is 19.3 Å². The molecule has 334 valence electrons. The SMILES string of the molecule is CCCCCCC/C=C/C=C/C=C/CCCCCCCC(=O)OC(CCCCCCCCCC)CC(=O)NC(CO)C(O)CCCCCCCCCCCCCC. The lowest BCUT2D eigenvalue weighted by atomic mass is 10.0. The van der Waals surface area contributed by atoms with E-state index in [4.69, 9.17) is 4.74 Å². The number of aliphatic hydroxyl groups is 2. The van der Waals surface area contributed by atoms with Crippen molar-refractivity contribution >= 4 is 11.9 Å². The quantitative estimate of drug-likeness (QED) is 0.0324. The van der Waals surface area contributed by atoms with E-state index in [1.54, 1.807) is 0 Å². The van der Waals surface area contributed by atoms with Gasteiger partial charge in [0.25, 0.3) is 0 Å². The predicted octanol–water partition coefficient (Wildman–Crippen LogP) is 14.5. The first-order valence-electron chi connectivity index (χ1n) is 24.7. The van der Waals surface area contributed by atoms with E-state index in [0.717, 1.165) is 77.0 Å². The monoisotopic (exact) mass is 802 g/mol. The number of esters is 1. The molecule has 0 aliphatic rings. The molecule has 0 aromatic rings. The summed E-state index contributed by atoms with van der Waals surface area (Å²) in [6, 6.07) is -0.700. The normalized spacial score (nSPS) is 13.6. The zero-order valence-corrected chi connectivity index (χ0v) is 38.0. The van der Waals surface area contributed by atoms with Gasteiger partial charge in [0.1, 0.15) is 6.10 Å². The number of amides is 1. The van der Waals surface area contributed by atoms with Crippen LogP contribution in [-0.2, 0) is 14.3 Å². The first-order valence-corrected chi connectivity index (χ1v) is 24.7. The predicted molar refractivity (Wildman–Crippen MR) is 246 cm³/mol. The fourth-order valence-electron chi connectivity index (χ4n) is 7.49. The summed E-state index contributed by atoms with van der Waals surface area (Å²) >= 11 is 0. The number of carbonyl (C=O) groups excluding carboxylic acids is 2. The van der Waals surface area contributed by atoms with Crippen molar-refractivity contribution in [1.29, 1.82) is 0 Å². The molecule has 57 heavy (non-hydrogen) atoms. The van der Waals surface area contributed by atoms with Gasteiger partial charge in [0, 0.05) is 6.42 Å². The number of aliphatic hydroxyl groups excluding tert-OH is 2. The standard InChI is InChI=1S/C51H95NO5/c1-4-7-10-13-16-19-21-23-24-25-26-27-28-30-32-35-38-41-44-51(56)57-47(42-39-36-33-18-15-12-9-6-3)45-50(55)52-48(46-53)49(54)43-40-37-34-31-29-22-20-17-14-11-8-5-2/h21,23-27,47-49,53-54H,4-20,22,28-46H2,1-3H3,(H,52,55)/b23-21+,25-24+,27-26+. The fourth-order valence-corrected chi connectivity index (χ4v) is 7.49. The fraction of sp³-hybridized carbons (Fsp3) is 0.843. The van der Waals surface area contributed by atoms with Gasteiger partial charge in [-0.1, -0.05) is 224 Å². The highest BCUT2D eigenvalue weighted by molar-refractivity contribution is 5.77. The Kier molecular flexibility index (Phi) is 43.6. The molecule has 0 aromatic heterocycles. The van der Waals surface area contributed by atoms with Gasteiger partial charge >= 0.3 is 5.97 Å². The highest BCUT2D eigenvalue weighted by Gasteiger charge is 2.24. The molecule has 0 aromatic carbocycles. The summed E-state index contributed by atoms with van der Waals surface area (Å²) in [5.41, 5.74) is 0. The number of hydrogen-bond donors (Lipinski definition) is 3. The van der Waals surface area contributed by atoms with Crippen LogP contribution < -0.4 is 5.32 Å². The van der Waals surface area contributed by atoms with Crippen molar-refractivity contribution in [2.45, 2.75) is 270 Å². The van der Waals surface area contributed by atoms with E-state index in [2.05, 4.69) is 62.5 Å². The van der Waals surface area contributed by atoms with Crippen LogP contribution in [0, 0.1) is 0 Å². The average Bonchev–Trinajstić information content (AvgIpc) is 3.20. The molecule has 1 amide bonds. The van der Waals surface area contributed by atoms with Gasteiger partial charge in [-0.05, 0) is 51.4 Å². The van der Waals surface area contributed by atoms with Gasteiger partial charge in [-0.2, -0.15) is 0 Å². The lowest BCUT2D eigenvalue weighted by Crippen LogP contribution is -2.46. The number of carbonyl (C=O) groups is 2. The lowest BCUT2D eigenvalue weighted by molar-refractivity contribution is -0.151. The number of rotatable bonds is 44. The summed E-state index contributed by atoms with van der Waals surface area (Å²) in [6.07, 6.45) is 52.1. The smallest absolute Gasteiger partial charge is 0.306 e. The topological polar surface area (TPSA) is 95.9 Å². The summed E-state index contributed by atoms with van der Waals surface area (Å²) in [7, 11) is 0. The third-order valence-electron chi connectivity index (χ3n) is 11.3. The Morgan fingerprint density at radius 3 is 1.33 bits per heavy atom. The van der Waals surface area contributed by atoms with Gasteiger partial charge in [0.15, 0.2) is 0 Å². The lowest BCUT2D eigenvalue weighted by Gasteiger charge is -2.24. The number of unbranched alkanes of at least 4 members (excludes halogenated alkanes) is 28. The largest absolute Gasteiger partial charge is 0.462 e. The second-order valence-corrected chi connectivity index (χ2v) is 16.9. The van der Waals surface area contributed by atoms with Crippen LogP contribution in [0.4, 0.5) is 0 Å². The van der Waals surface area contributed by atoms with Crippen LogP contribution >= 0.6 is 0 Å². The van der Waals surface area contributed by atoms with Gasteiger partial charge in [-0.3, -0.25) is 9.59 Å². The Morgan fingerprint density at radius 2 is 0.895 bits per heavy atom. The van der Waals surface area contributed by atoms with E-state index in [1.165, 1.54) is 128 Å². The van der Waals surface area contributed by atoms with E-state index in [9.17, 15) is 19.8 Å². The Hall–Kier alpha value is -1.92. The maximum absolute atomic E-state index is 13.1. The van der Waals surface area contributed by atoms with E-state index in [-0.39, 0.29) is 24.9 Å². The summed E-state index contributed by atoms with van der Waals surface area (Å²) in [6.45, 7) is 6.44. The van der Waals surface area contributed by atoms with Crippen LogP contribution in [0.15, 0.2) is 36.5 Å². The zero-order valence-electron chi connectivity index (χ0n) is 38.0. The zero-order chi connectivity index (χ0) is 41.7. The molecule has 0 bridgehead atoms. The van der Waals surface area contributed by atoms with Crippen LogP contribution in [0.25, 0.3) is 0 Å². The van der Waals surface area contributed by atoms with Gasteiger partial charge in [-0.15, -0.1) is 0 Å². The molecular formula is C51H95NO5. The van der Waals surface area contributed by atoms with Crippen LogP contribution in [0.5, 0.6) is 0 Å². The number of hydrogen-bond acceptors (Lipinski definition) is 5. The molecular weight excluding hydrogens is 707 g/mol. The molecule has 6 heteroatoms. The molecule has 0 saturated heterocycles. The molecule has 0 fully saturated rings. The minimum atomic E-state index is -0.786. The maximum Gasteiger partial charge on any atom is 0.306 e. The van der Waals surface area contributed by atoms with Gasteiger partial charge in [0.2, 0.25) is 5.91 Å². The average molecular weight is 802 g/mol. The molecule has 0 heterocycles.